The van der Waals surface area contributed by atoms with Crippen molar-refractivity contribution in [1.82, 2.24) is 0 Å². The van der Waals surface area contributed by atoms with Gasteiger partial charge in [0.15, 0.2) is 0 Å². The van der Waals surface area contributed by atoms with E-state index in [1.54, 1.807) is 0 Å². The zero-order valence-electron chi connectivity index (χ0n) is 12.1. The second-order valence-corrected chi connectivity index (χ2v) is 4.88. The van der Waals surface area contributed by atoms with Gasteiger partial charge < -0.3 is 16.2 Å². The quantitative estimate of drug-likeness (QED) is 0.759. The van der Waals surface area contributed by atoms with Crippen LogP contribution in [0.4, 0.5) is 0 Å². The Balaban J connectivity index is 0.00000220. The number of para-hydroxylation sites is 1. The maximum Gasteiger partial charge on any atom is 0.127 e. The molecule has 0 aliphatic heterocycles. The summed E-state index contributed by atoms with van der Waals surface area (Å²) in [6, 6.07) is 17.8. The Labute approximate surface area is 132 Å². The largest absolute Gasteiger partial charge is 0.457 e. The van der Waals surface area contributed by atoms with E-state index in [-0.39, 0.29) is 18.4 Å². The van der Waals surface area contributed by atoms with E-state index in [0.717, 1.165) is 42.9 Å². The minimum Gasteiger partial charge on any atom is -0.457 e. The van der Waals surface area contributed by atoms with Crippen molar-refractivity contribution in [3.05, 3.63) is 60.2 Å². The number of hydrogen-bond donors (Lipinski definition) is 2. The summed E-state index contributed by atoms with van der Waals surface area (Å²) in [6.45, 7) is 0.733. The summed E-state index contributed by atoms with van der Waals surface area (Å²) < 4.78 is 5.75. The van der Waals surface area contributed by atoms with E-state index in [4.69, 9.17) is 16.2 Å². The molecule has 0 aliphatic carbocycles. The summed E-state index contributed by atoms with van der Waals surface area (Å²) in [4.78, 5) is 0. The van der Waals surface area contributed by atoms with Gasteiger partial charge in [0.25, 0.3) is 0 Å². The molecule has 0 aliphatic rings. The van der Waals surface area contributed by atoms with Crippen LogP contribution < -0.4 is 16.2 Å². The normalized spacial score (nSPS) is 11.5. The highest BCUT2D eigenvalue weighted by Crippen LogP contribution is 2.24. The van der Waals surface area contributed by atoms with E-state index in [9.17, 15) is 0 Å². The first-order chi connectivity index (χ1) is 9.79. The van der Waals surface area contributed by atoms with E-state index >= 15 is 0 Å². The zero-order valence-corrected chi connectivity index (χ0v) is 12.9. The number of unbranched alkanes of at least 4 members (excludes halogenated alkanes) is 1. The molecule has 4 heteroatoms. The van der Waals surface area contributed by atoms with E-state index in [1.807, 2.05) is 54.6 Å². The molecule has 1 atom stereocenters. The highest BCUT2D eigenvalue weighted by atomic mass is 35.5. The average molecular weight is 307 g/mol. The Morgan fingerprint density at radius 2 is 1.48 bits per heavy atom. The van der Waals surface area contributed by atoms with Gasteiger partial charge in [-0.1, -0.05) is 36.8 Å². The van der Waals surface area contributed by atoms with Crippen LogP contribution in [-0.4, -0.2) is 6.54 Å². The van der Waals surface area contributed by atoms with Gasteiger partial charge in [0.05, 0.1) is 0 Å². The van der Waals surface area contributed by atoms with Crippen molar-refractivity contribution in [2.75, 3.05) is 6.54 Å². The highest BCUT2D eigenvalue weighted by molar-refractivity contribution is 5.85. The summed E-state index contributed by atoms with van der Waals surface area (Å²) in [7, 11) is 0. The van der Waals surface area contributed by atoms with Gasteiger partial charge in [0.1, 0.15) is 11.5 Å². The Morgan fingerprint density at radius 1 is 0.857 bits per heavy atom. The van der Waals surface area contributed by atoms with Crippen LogP contribution in [0.5, 0.6) is 11.5 Å². The van der Waals surface area contributed by atoms with Gasteiger partial charge in [-0.15, -0.1) is 12.4 Å². The van der Waals surface area contributed by atoms with Crippen LogP contribution in [0, 0.1) is 0 Å². The molecule has 0 aromatic heterocycles. The predicted octanol–water partition coefficient (Wildman–Crippen LogP) is 4.03. The van der Waals surface area contributed by atoms with Gasteiger partial charge in [-0.2, -0.15) is 0 Å². The zero-order chi connectivity index (χ0) is 14.2. The summed E-state index contributed by atoms with van der Waals surface area (Å²) >= 11 is 0. The molecule has 0 fully saturated rings. The van der Waals surface area contributed by atoms with Gasteiger partial charge in [0.2, 0.25) is 0 Å². The molecule has 4 N–H and O–H groups in total. The predicted molar refractivity (Wildman–Crippen MR) is 90.0 cm³/mol. The molecule has 0 heterocycles. The van der Waals surface area contributed by atoms with Crippen LogP contribution in [0.2, 0.25) is 0 Å². The van der Waals surface area contributed by atoms with Gasteiger partial charge in [-0.3, -0.25) is 0 Å². The third-order valence-corrected chi connectivity index (χ3v) is 3.26. The van der Waals surface area contributed by atoms with E-state index in [1.165, 1.54) is 0 Å². The van der Waals surface area contributed by atoms with Crippen LogP contribution >= 0.6 is 12.4 Å². The number of nitrogens with two attached hydrogens (primary N) is 2. The fourth-order valence-electron chi connectivity index (χ4n) is 2.08. The minimum atomic E-state index is 0. The van der Waals surface area contributed by atoms with Gasteiger partial charge in [0, 0.05) is 6.04 Å². The van der Waals surface area contributed by atoms with Crippen molar-refractivity contribution in [3.63, 3.8) is 0 Å². The van der Waals surface area contributed by atoms with Crippen molar-refractivity contribution in [2.24, 2.45) is 11.5 Å². The number of benzene rings is 2. The number of rotatable bonds is 7. The lowest BCUT2D eigenvalue weighted by Gasteiger charge is -2.12. The summed E-state index contributed by atoms with van der Waals surface area (Å²) in [5.41, 5.74) is 12.8. The lowest BCUT2D eigenvalue weighted by Crippen LogP contribution is -2.10. The van der Waals surface area contributed by atoms with Crippen LogP contribution in [0.25, 0.3) is 0 Å². The molecule has 2 rings (SSSR count). The first-order valence-corrected chi connectivity index (χ1v) is 7.08. The third kappa shape index (κ3) is 5.76. The summed E-state index contributed by atoms with van der Waals surface area (Å²) in [6.07, 6.45) is 3.07. The van der Waals surface area contributed by atoms with Crippen molar-refractivity contribution < 1.29 is 4.74 Å². The molecule has 0 saturated carbocycles. The van der Waals surface area contributed by atoms with Crippen molar-refractivity contribution in [3.8, 4) is 11.5 Å². The molecule has 0 spiro atoms. The Bertz CT molecular complexity index is 502. The lowest BCUT2D eigenvalue weighted by molar-refractivity contribution is 0.482. The molecule has 0 saturated heterocycles. The smallest absolute Gasteiger partial charge is 0.127 e. The van der Waals surface area contributed by atoms with Gasteiger partial charge >= 0.3 is 0 Å². The fourth-order valence-corrected chi connectivity index (χ4v) is 2.08. The van der Waals surface area contributed by atoms with Gasteiger partial charge in [-0.25, -0.2) is 0 Å². The summed E-state index contributed by atoms with van der Waals surface area (Å²) in [5.74, 6) is 1.67. The molecule has 0 unspecified atom stereocenters. The molecule has 114 valence electrons. The lowest BCUT2D eigenvalue weighted by atomic mass is 10.0. The monoisotopic (exact) mass is 306 g/mol. The highest BCUT2D eigenvalue weighted by Gasteiger charge is 2.06. The van der Waals surface area contributed by atoms with Crippen molar-refractivity contribution >= 4 is 12.4 Å². The van der Waals surface area contributed by atoms with E-state index in [0.29, 0.717) is 0 Å². The first-order valence-electron chi connectivity index (χ1n) is 7.08. The van der Waals surface area contributed by atoms with Crippen LogP contribution in [0.3, 0.4) is 0 Å². The molecule has 0 bridgehead atoms. The maximum atomic E-state index is 6.16. The molecular weight excluding hydrogens is 284 g/mol. The van der Waals surface area contributed by atoms with Crippen LogP contribution in [0.1, 0.15) is 30.9 Å². The van der Waals surface area contributed by atoms with Gasteiger partial charge in [-0.05, 0) is 49.2 Å². The fraction of sp³-hybridized carbons (Fsp3) is 0.294. The van der Waals surface area contributed by atoms with Crippen molar-refractivity contribution in [1.29, 1.82) is 0 Å². The Kier molecular flexibility index (Phi) is 7.83. The minimum absolute atomic E-state index is 0. The average Bonchev–Trinajstić information content (AvgIpc) is 2.49. The van der Waals surface area contributed by atoms with E-state index in [2.05, 4.69) is 0 Å². The number of hydrogen-bond acceptors (Lipinski definition) is 3. The molecule has 3 nitrogen and oxygen atoms in total. The first kappa shape index (κ1) is 17.5. The molecule has 0 radical (unpaired) electrons. The van der Waals surface area contributed by atoms with Crippen LogP contribution in [-0.2, 0) is 0 Å². The van der Waals surface area contributed by atoms with Crippen LogP contribution in [0.15, 0.2) is 54.6 Å². The molecular formula is C17H23ClN2O. The molecule has 2 aromatic rings. The molecule has 0 amide bonds. The number of halogens is 1. The second kappa shape index (κ2) is 9.40. The van der Waals surface area contributed by atoms with E-state index < -0.39 is 0 Å². The Morgan fingerprint density at radius 3 is 2.10 bits per heavy atom. The summed E-state index contributed by atoms with van der Waals surface area (Å²) in [5, 5.41) is 0. The third-order valence-electron chi connectivity index (χ3n) is 3.26. The topological polar surface area (TPSA) is 61.3 Å². The standard InChI is InChI=1S/C17H22N2O.ClH/c18-13-5-4-8-17(19)14-9-11-16(12-10-14)20-15-6-2-1-3-7-15;/h1-3,6-7,9-12,17H,4-5,8,13,18-19H2;1H/t17-;/m1./s1. The number of ether oxygens (including phenoxy) is 1. The second-order valence-electron chi connectivity index (χ2n) is 4.88. The Hall–Kier alpha value is -1.55. The van der Waals surface area contributed by atoms with Crippen molar-refractivity contribution in [2.45, 2.75) is 25.3 Å². The maximum absolute atomic E-state index is 6.16. The SMILES string of the molecule is Cl.NCCCC[C@@H](N)c1ccc(Oc2ccccc2)cc1. The molecule has 21 heavy (non-hydrogen) atoms. The molecule has 2 aromatic carbocycles.